The minimum Gasteiger partial charge on any atom is -0.378 e. The highest BCUT2D eigenvalue weighted by Crippen LogP contribution is 2.34. The number of ether oxygens (including phenoxy) is 1. The molecule has 0 aliphatic carbocycles. The van der Waals surface area contributed by atoms with Crippen molar-refractivity contribution in [2.24, 2.45) is 5.92 Å². The van der Waals surface area contributed by atoms with Gasteiger partial charge in [0.15, 0.2) is 0 Å². The maximum absolute atomic E-state index is 6.14. The molecule has 0 radical (unpaired) electrons. The van der Waals surface area contributed by atoms with Crippen molar-refractivity contribution in [1.82, 2.24) is 5.32 Å². The lowest BCUT2D eigenvalue weighted by atomic mass is 9.91. The van der Waals surface area contributed by atoms with E-state index in [9.17, 15) is 0 Å². The van der Waals surface area contributed by atoms with Gasteiger partial charge in [-0.2, -0.15) is 0 Å². The van der Waals surface area contributed by atoms with Crippen molar-refractivity contribution in [1.29, 1.82) is 0 Å². The van der Waals surface area contributed by atoms with Gasteiger partial charge >= 0.3 is 0 Å². The van der Waals surface area contributed by atoms with Gasteiger partial charge in [-0.1, -0.05) is 36.2 Å². The average molecular weight is 302 g/mol. The quantitative estimate of drug-likeness (QED) is 0.867. The Kier molecular flexibility index (Phi) is 5.52. The molecule has 4 heteroatoms. The van der Waals surface area contributed by atoms with Crippen molar-refractivity contribution in [2.75, 3.05) is 13.2 Å². The average Bonchev–Trinajstić information content (AvgIpc) is 2.80. The molecule has 0 amide bonds. The van der Waals surface area contributed by atoms with Crippen LogP contribution in [0.1, 0.15) is 38.3 Å². The van der Waals surface area contributed by atoms with Gasteiger partial charge in [0, 0.05) is 12.0 Å². The second kappa shape index (κ2) is 6.94. The molecule has 3 atom stereocenters. The number of nitrogens with one attached hydrogen (secondary N) is 1. The topological polar surface area (TPSA) is 21.3 Å². The minimum atomic E-state index is 0.291. The van der Waals surface area contributed by atoms with Crippen LogP contribution < -0.4 is 5.32 Å². The zero-order chi connectivity index (χ0) is 13.8. The molecule has 19 heavy (non-hydrogen) atoms. The number of halogens is 2. The first-order valence-corrected chi connectivity index (χ1v) is 7.67. The van der Waals surface area contributed by atoms with Crippen LogP contribution in [-0.2, 0) is 4.74 Å². The minimum absolute atomic E-state index is 0.291. The van der Waals surface area contributed by atoms with E-state index in [4.69, 9.17) is 27.9 Å². The number of hydrogen-bond acceptors (Lipinski definition) is 2. The highest BCUT2D eigenvalue weighted by molar-refractivity contribution is 6.42. The number of hydrogen-bond donors (Lipinski definition) is 1. The third kappa shape index (κ3) is 3.85. The molecular formula is C15H21Cl2NO. The van der Waals surface area contributed by atoms with Gasteiger partial charge in [-0.05, 0) is 44.0 Å². The van der Waals surface area contributed by atoms with Gasteiger partial charge in [0.05, 0.1) is 22.8 Å². The predicted octanol–water partition coefficient (Wildman–Crippen LogP) is 4.46. The van der Waals surface area contributed by atoms with E-state index in [1.165, 1.54) is 5.56 Å². The molecule has 1 aromatic rings. The van der Waals surface area contributed by atoms with Crippen molar-refractivity contribution in [3.63, 3.8) is 0 Å². The van der Waals surface area contributed by atoms with Crippen LogP contribution in [0.4, 0.5) is 0 Å². The fourth-order valence-corrected chi connectivity index (χ4v) is 2.95. The molecule has 0 spiro atoms. The normalized spacial score (nSPS) is 24.6. The fourth-order valence-electron chi connectivity index (χ4n) is 2.64. The molecule has 0 aromatic heterocycles. The Morgan fingerprint density at radius 1 is 1.37 bits per heavy atom. The molecule has 106 valence electrons. The summed E-state index contributed by atoms with van der Waals surface area (Å²) in [6.07, 6.45) is 2.54. The first-order chi connectivity index (χ1) is 9.11. The first kappa shape index (κ1) is 15.1. The molecule has 1 fully saturated rings. The summed E-state index contributed by atoms with van der Waals surface area (Å²) in [6, 6.07) is 6.20. The SMILES string of the molecule is CCCNC(c1ccc(Cl)c(Cl)c1)C1COC(C)C1. The lowest BCUT2D eigenvalue weighted by molar-refractivity contribution is 0.117. The van der Waals surface area contributed by atoms with Gasteiger partial charge in [-0.3, -0.25) is 0 Å². The molecule has 3 unspecified atom stereocenters. The highest BCUT2D eigenvalue weighted by Gasteiger charge is 2.30. The summed E-state index contributed by atoms with van der Waals surface area (Å²) in [5, 5.41) is 4.84. The third-order valence-corrected chi connectivity index (χ3v) is 4.36. The monoisotopic (exact) mass is 301 g/mol. The van der Waals surface area contributed by atoms with E-state index in [1.807, 2.05) is 12.1 Å². The molecule has 1 heterocycles. The van der Waals surface area contributed by atoms with E-state index < -0.39 is 0 Å². The Morgan fingerprint density at radius 2 is 2.16 bits per heavy atom. The lowest BCUT2D eigenvalue weighted by Gasteiger charge is -2.24. The van der Waals surface area contributed by atoms with Gasteiger partial charge in [-0.15, -0.1) is 0 Å². The molecule has 2 nitrogen and oxygen atoms in total. The van der Waals surface area contributed by atoms with Crippen LogP contribution >= 0.6 is 23.2 Å². The van der Waals surface area contributed by atoms with E-state index in [0.29, 0.717) is 28.1 Å². The van der Waals surface area contributed by atoms with E-state index in [1.54, 1.807) is 0 Å². The second-order valence-electron chi connectivity index (χ2n) is 5.25. The molecule has 2 rings (SSSR count). The highest BCUT2D eigenvalue weighted by atomic mass is 35.5. The van der Waals surface area contributed by atoms with Crippen LogP contribution in [0.2, 0.25) is 10.0 Å². The second-order valence-corrected chi connectivity index (χ2v) is 6.06. The zero-order valence-corrected chi connectivity index (χ0v) is 13.0. The predicted molar refractivity (Wildman–Crippen MR) is 81.0 cm³/mol. The van der Waals surface area contributed by atoms with Crippen LogP contribution in [-0.4, -0.2) is 19.3 Å². The molecule has 1 aromatic carbocycles. The Labute approximate surface area is 125 Å². The largest absolute Gasteiger partial charge is 0.378 e. The number of rotatable bonds is 5. The van der Waals surface area contributed by atoms with Gasteiger partial charge in [0.25, 0.3) is 0 Å². The molecule has 1 aliphatic rings. The van der Waals surface area contributed by atoms with E-state index in [2.05, 4.69) is 25.2 Å². The smallest absolute Gasteiger partial charge is 0.0595 e. The standard InChI is InChI=1S/C15H21Cl2NO/c1-3-6-18-15(12-7-10(2)19-9-12)11-4-5-13(16)14(17)8-11/h4-5,8,10,12,15,18H,3,6-7,9H2,1-2H3. The third-order valence-electron chi connectivity index (χ3n) is 3.62. The van der Waals surface area contributed by atoms with Gasteiger partial charge in [-0.25, -0.2) is 0 Å². The number of benzene rings is 1. The van der Waals surface area contributed by atoms with Crippen LogP contribution in [0.5, 0.6) is 0 Å². The summed E-state index contributed by atoms with van der Waals surface area (Å²) in [4.78, 5) is 0. The molecular weight excluding hydrogens is 281 g/mol. The maximum atomic E-state index is 6.14. The van der Waals surface area contributed by atoms with Crippen LogP contribution in [0.25, 0.3) is 0 Å². The van der Waals surface area contributed by atoms with Crippen molar-refractivity contribution in [2.45, 2.75) is 38.8 Å². The Hall–Kier alpha value is -0.280. The summed E-state index contributed by atoms with van der Waals surface area (Å²) in [6.45, 7) is 6.11. The molecule has 1 saturated heterocycles. The summed E-state index contributed by atoms with van der Waals surface area (Å²) < 4.78 is 5.70. The van der Waals surface area contributed by atoms with E-state index >= 15 is 0 Å². The Morgan fingerprint density at radius 3 is 2.74 bits per heavy atom. The van der Waals surface area contributed by atoms with E-state index in [0.717, 1.165) is 26.0 Å². The van der Waals surface area contributed by atoms with Crippen molar-refractivity contribution in [3.05, 3.63) is 33.8 Å². The Bertz CT molecular complexity index is 425. The molecule has 1 aliphatic heterocycles. The lowest BCUT2D eigenvalue weighted by Crippen LogP contribution is -2.29. The zero-order valence-electron chi connectivity index (χ0n) is 11.5. The summed E-state index contributed by atoms with van der Waals surface area (Å²) in [5.74, 6) is 0.499. The molecule has 0 saturated carbocycles. The van der Waals surface area contributed by atoms with E-state index in [-0.39, 0.29) is 0 Å². The van der Waals surface area contributed by atoms with Crippen molar-refractivity contribution in [3.8, 4) is 0 Å². The van der Waals surface area contributed by atoms with Crippen molar-refractivity contribution < 1.29 is 4.74 Å². The van der Waals surface area contributed by atoms with Crippen LogP contribution in [0.3, 0.4) is 0 Å². The summed E-state index contributed by atoms with van der Waals surface area (Å²) in [7, 11) is 0. The summed E-state index contributed by atoms with van der Waals surface area (Å²) in [5.41, 5.74) is 1.20. The Balaban J connectivity index is 2.18. The first-order valence-electron chi connectivity index (χ1n) is 6.91. The van der Waals surface area contributed by atoms with Gasteiger partial charge in [0.1, 0.15) is 0 Å². The fraction of sp³-hybridized carbons (Fsp3) is 0.600. The maximum Gasteiger partial charge on any atom is 0.0595 e. The van der Waals surface area contributed by atoms with Crippen LogP contribution in [0.15, 0.2) is 18.2 Å². The van der Waals surface area contributed by atoms with Gasteiger partial charge in [0.2, 0.25) is 0 Å². The molecule has 1 N–H and O–H groups in total. The van der Waals surface area contributed by atoms with Crippen LogP contribution in [0, 0.1) is 5.92 Å². The van der Waals surface area contributed by atoms with Gasteiger partial charge < -0.3 is 10.1 Å². The van der Waals surface area contributed by atoms with Crippen molar-refractivity contribution >= 4 is 23.2 Å². The summed E-state index contributed by atoms with van der Waals surface area (Å²) >= 11 is 12.1. The molecule has 0 bridgehead atoms.